The van der Waals surface area contributed by atoms with Gasteiger partial charge in [-0.2, -0.15) is 0 Å². The van der Waals surface area contributed by atoms with Crippen LogP contribution in [0.4, 0.5) is 0 Å². The molecular formula is C14H26N4O8. The molecule has 0 spiro atoms. The first kappa shape index (κ1) is 23.9. The summed E-state index contributed by atoms with van der Waals surface area (Å²) in [6.45, 7) is 3.31. The fourth-order valence-electron chi connectivity index (χ4n) is 1.40. The van der Waals surface area contributed by atoms with E-state index >= 15 is 0 Å². The number of nitrogens with two attached hydrogens (primary N) is 4. The van der Waals surface area contributed by atoms with Crippen molar-refractivity contribution in [1.82, 2.24) is 0 Å². The van der Waals surface area contributed by atoms with Crippen LogP contribution >= 0.6 is 0 Å². The lowest BCUT2D eigenvalue weighted by molar-refractivity contribution is -0.166. The maximum atomic E-state index is 12.0. The second-order valence-electron chi connectivity index (χ2n) is 5.65. The van der Waals surface area contributed by atoms with Gasteiger partial charge in [-0.3, -0.25) is 9.59 Å². The molecule has 0 amide bonds. The molecule has 12 heteroatoms. The number of hydrogen-bond donors (Lipinski definition) is 5. The van der Waals surface area contributed by atoms with Crippen LogP contribution in [0, 0.1) is 0 Å². The molecule has 150 valence electrons. The third-order valence-electron chi connectivity index (χ3n) is 3.23. The smallest absolute Gasteiger partial charge is 0.334 e. The van der Waals surface area contributed by atoms with E-state index in [0.29, 0.717) is 0 Å². The molecule has 0 aliphatic rings. The normalized spacial score (nSPS) is 17.8. The highest BCUT2D eigenvalue weighted by atomic mass is 16.6. The summed E-state index contributed by atoms with van der Waals surface area (Å²) in [5, 5.41) is 8.70. The molecular weight excluding hydrogens is 352 g/mol. The van der Waals surface area contributed by atoms with Crippen molar-refractivity contribution >= 4 is 23.9 Å². The molecule has 0 saturated carbocycles. The molecule has 0 aromatic carbocycles. The summed E-state index contributed by atoms with van der Waals surface area (Å²) >= 11 is 0. The van der Waals surface area contributed by atoms with E-state index in [4.69, 9.17) is 37.5 Å². The van der Waals surface area contributed by atoms with Gasteiger partial charge in [-0.15, -0.1) is 0 Å². The fraction of sp³-hybridized carbons (Fsp3) is 0.714. The van der Waals surface area contributed by atoms with Gasteiger partial charge in [0.1, 0.15) is 36.4 Å². The Morgan fingerprint density at radius 2 is 1.19 bits per heavy atom. The zero-order chi connectivity index (χ0) is 20.6. The van der Waals surface area contributed by atoms with E-state index < -0.39 is 66.9 Å². The van der Waals surface area contributed by atoms with Crippen LogP contribution in [0.1, 0.15) is 20.8 Å². The lowest BCUT2D eigenvalue weighted by Crippen LogP contribution is -2.50. The van der Waals surface area contributed by atoms with E-state index in [1.54, 1.807) is 0 Å². The number of ether oxygens (including phenoxy) is 3. The zero-order valence-electron chi connectivity index (χ0n) is 14.8. The first-order valence-corrected chi connectivity index (χ1v) is 7.72. The van der Waals surface area contributed by atoms with Gasteiger partial charge in [-0.25, -0.2) is 9.59 Å². The van der Waals surface area contributed by atoms with Gasteiger partial charge >= 0.3 is 23.9 Å². The predicted octanol–water partition coefficient (Wildman–Crippen LogP) is -3.76. The molecule has 0 radical (unpaired) electrons. The van der Waals surface area contributed by atoms with Crippen LogP contribution in [0.15, 0.2) is 0 Å². The largest absolute Gasteiger partial charge is 0.459 e. The van der Waals surface area contributed by atoms with Crippen LogP contribution in [0.3, 0.4) is 0 Å². The Morgan fingerprint density at radius 1 is 0.769 bits per heavy atom. The molecule has 0 saturated heterocycles. The summed E-state index contributed by atoms with van der Waals surface area (Å²) < 4.78 is 14.2. The third-order valence-corrected chi connectivity index (χ3v) is 3.23. The van der Waals surface area contributed by atoms with Crippen molar-refractivity contribution in [2.24, 2.45) is 22.9 Å². The first-order valence-electron chi connectivity index (χ1n) is 7.72. The summed E-state index contributed by atoms with van der Waals surface area (Å²) in [6.07, 6.45) is -2.25. The average Bonchev–Trinajstić information content (AvgIpc) is 2.58. The van der Waals surface area contributed by atoms with Crippen molar-refractivity contribution in [3.8, 4) is 0 Å². The molecule has 0 aromatic rings. The molecule has 0 unspecified atom stereocenters. The summed E-state index contributed by atoms with van der Waals surface area (Å²) in [5.74, 6) is -4.14. The van der Waals surface area contributed by atoms with Crippen molar-refractivity contribution in [3.05, 3.63) is 0 Å². The van der Waals surface area contributed by atoms with Crippen LogP contribution in [0.25, 0.3) is 0 Å². The number of aliphatic hydroxyl groups excluding tert-OH is 1. The molecule has 26 heavy (non-hydrogen) atoms. The Kier molecular flexibility index (Phi) is 9.90. The van der Waals surface area contributed by atoms with Crippen molar-refractivity contribution in [2.45, 2.75) is 57.1 Å². The molecule has 0 aromatic heterocycles. The second kappa shape index (κ2) is 10.8. The molecule has 6 atom stereocenters. The molecule has 12 nitrogen and oxygen atoms in total. The monoisotopic (exact) mass is 378 g/mol. The van der Waals surface area contributed by atoms with Gasteiger partial charge in [-0.05, 0) is 20.8 Å². The van der Waals surface area contributed by atoms with E-state index in [-0.39, 0.29) is 0 Å². The van der Waals surface area contributed by atoms with Crippen molar-refractivity contribution < 1.29 is 38.5 Å². The van der Waals surface area contributed by atoms with Gasteiger partial charge in [0.2, 0.25) is 0 Å². The van der Waals surface area contributed by atoms with Crippen molar-refractivity contribution in [3.63, 3.8) is 0 Å². The van der Waals surface area contributed by atoms with Gasteiger partial charge in [0, 0.05) is 0 Å². The van der Waals surface area contributed by atoms with Gasteiger partial charge in [0.05, 0.1) is 6.61 Å². The highest BCUT2D eigenvalue weighted by molar-refractivity contribution is 5.91. The Bertz CT molecular complexity index is 527. The Balaban J connectivity index is 4.65. The van der Waals surface area contributed by atoms with Crippen LogP contribution < -0.4 is 22.9 Å². The molecule has 0 rings (SSSR count). The molecule has 0 bridgehead atoms. The number of carbonyl (C=O) groups excluding carboxylic acids is 4. The number of hydrogen-bond acceptors (Lipinski definition) is 12. The summed E-state index contributed by atoms with van der Waals surface area (Å²) in [4.78, 5) is 46.4. The second-order valence-corrected chi connectivity index (χ2v) is 5.65. The lowest BCUT2D eigenvalue weighted by Gasteiger charge is -2.24. The average molecular weight is 378 g/mol. The molecule has 0 aliphatic carbocycles. The predicted molar refractivity (Wildman–Crippen MR) is 86.9 cm³/mol. The number of rotatable bonds is 9. The standard InChI is InChI=1S/C14H26N4O8/c1-5(15)11(20)24-6(2)9(17)13(22)25-7(3)10(18)14(23)26-12(21)8(16)4-19/h5-10,19H,4,15-18H2,1-3H3/t5-,6+,7+,8-,9-,10-/m0/s1. The van der Waals surface area contributed by atoms with Crippen LogP contribution in [0.5, 0.6) is 0 Å². The lowest BCUT2D eigenvalue weighted by atomic mass is 10.1. The SMILES string of the molecule is C[C@H](N)C(=O)O[C@H](C)[C@H](N)C(=O)O[C@H](C)[C@H](N)C(=O)OC(=O)[C@@H](N)CO. The Hall–Kier alpha value is -2.12. The molecule has 0 heterocycles. The highest BCUT2D eigenvalue weighted by Crippen LogP contribution is 2.06. The van der Waals surface area contributed by atoms with Gasteiger partial charge in [-0.1, -0.05) is 0 Å². The van der Waals surface area contributed by atoms with Gasteiger partial charge < -0.3 is 42.3 Å². The van der Waals surface area contributed by atoms with Crippen molar-refractivity contribution in [2.75, 3.05) is 6.61 Å². The maximum absolute atomic E-state index is 12.0. The van der Waals surface area contributed by atoms with Crippen LogP contribution in [-0.2, 0) is 33.4 Å². The Labute approximate surface area is 150 Å². The van der Waals surface area contributed by atoms with Crippen LogP contribution in [-0.4, -0.2) is 72.0 Å². The highest BCUT2D eigenvalue weighted by Gasteiger charge is 2.32. The van der Waals surface area contributed by atoms with Crippen molar-refractivity contribution in [1.29, 1.82) is 0 Å². The number of carbonyl (C=O) groups is 4. The van der Waals surface area contributed by atoms with E-state index in [2.05, 4.69) is 4.74 Å². The number of aliphatic hydroxyl groups is 1. The quantitative estimate of drug-likeness (QED) is 0.148. The molecule has 9 N–H and O–H groups in total. The minimum atomic E-state index is -1.51. The third kappa shape index (κ3) is 7.41. The minimum Gasteiger partial charge on any atom is -0.459 e. The van der Waals surface area contributed by atoms with Gasteiger partial charge in [0.15, 0.2) is 0 Å². The molecule has 0 fully saturated rings. The van der Waals surface area contributed by atoms with E-state index in [1.165, 1.54) is 20.8 Å². The summed E-state index contributed by atoms with van der Waals surface area (Å²) in [6, 6.07) is -5.17. The number of esters is 4. The topological polar surface area (TPSA) is 220 Å². The summed E-state index contributed by atoms with van der Waals surface area (Å²) in [7, 11) is 0. The zero-order valence-corrected chi connectivity index (χ0v) is 14.8. The molecule has 0 aliphatic heterocycles. The van der Waals surface area contributed by atoms with Gasteiger partial charge in [0.25, 0.3) is 0 Å². The first-order chi connectivity index (χ1) is 11.9. The van der Waals surface area contributed by atoms with E-state index in [9.17, 15) is 19.2 Å². The minimum absolute atomic E-state index is 0.723. The van der Waals surface area contributed by atoms with E-state index in [0.717, 1.165) is 0 Å². The maximum Gasteiger partial charge on any atom is 0.334 e. The van der Waals surface area contributed by atoms with Crippen LogP contribution in [0.2, 0.25) is 0 Å². The fourth-order valence-corrected chi connectivity index (χ4v) is 1.40. The van der Waals surface area contributed by atoms with E-state index in [1.807, 2.05) is 0 Å². The summed E-state index contributed by atoms with van der Waals surface area (Å²) in [5.41, 5.74) is 21.7. The Morgan fingerprint density at radius 3 is 1.62 bits per heavy atom.